The van der Waals surface area contributed by atoms with Gasteiger partial charge < -0.3 is 10.1 Å². The van der Waals surface area contributed by atoms with Crippen LogP contribution < -0.4 is 5.32 Å². The highest BCUT2D eigenvalue weighted by atomic mass is 32.1. The first-order chi connectivity index (χ1) is 8.97. The second-order valence-corrected chi connectivity index (χ2v) is 6.20. The van der Waals surface area contributed by atoms with E-state index in [0.717, 1.165) is 36.6 Å². The molecule has 1 rings (SSSR count). The molecule has 19 heavy (non-hydrogen) atoms. The molecule has 0 aliphatic rings. The van der Waals surface area contributed by atoms with Gasteiger partial charge in [-0.1, -0.05) is 18.3 Å². The molecule has 1 aromatic heterocycles. The lowest BCUT2D eigenvalue weighted by Crippen LogP contribution is -2.39. The summed E-state index contributed by atoms with van der Waals surface area (Å²) in [5.74, 6) is 0. The molecular weight excluding hydrogens is 256 g/mol. The van der Waals surface area contributed by atoms with E-state index in [1.54, 1.807) is 0 Å². The smallest absolute Gasteiger partial charge is 0.0792 e. The molecular formula is C15H24N2OS. The van der Waals surface area contributed by atoms with E-state index in [-0.39, 0.29) is 5.54 Å². The van der Waals surface area contributed by atoms with Gasteiger partial charge in [0, 0.05) is 35.4 Å². The number of pyridine rings is 1. The molecule has 3 nitrogen and oxygen atoms in total. The summed E-state index contributed by atoms with van der Waals surface area (Å²) >= 11 is 5.27. The highest BCUT2D eigenvalue weighted by Crippen LogP contribution is 2.00. The number of rotatable bonds is 8. The summed E-state index contributed by atoms with van der Waals surface area (Å²) in [5, 5.41) is 3.36. The minimum atomic E-state index is 0.100. The Labute approximate surface area is 121 Å². The van der Waals surface area contributed by atoms with Gasteiger partial charge in [0.15, 0.2) is 0 Å². The van der Waals surface area contributed by atoms with Gasteiger partial charge in [0.1, 0.15) is 0 Å². The number of aryl methyl sites for hydroxylation is 1. The predicted molar refractivity (Wildman–Crippen MR) is 83.7 cm³/mol. The van der Waals surface area contributed by atoms with Crippen molar-refractivity contribution >= 4 is 17.1 Å². The lowest BCUT2D eigenvalue weighted by atomic mass is 10.1. The average Bonchev–Trinajstić information content (AvgIpc) is 2.36. The molecule has 0 saturated carbocycles. The molecule has 0 unspecified atom stereocenters. The summed E-state index contributed by atoms with van der Waals surface area (Å²) in [6.07, 6.45) is 3.75. The quantitative estimate of drug-likeness (QED) is 0.586. The molecule has 0 aromatic carbocycles. The molecule has 0 amide bonds. The molecule has 4 heteroatoms. The molecule has 106 valence electrons. The maximum atomic E-state index is 5.57. The standard InChI is InChI=1S/C15H24N2OS/c1-15(2,3)17-11-14(19)12-18-10-6-8-13-7-4-5-9-16-13/h4-5,7,9,17H,6,8,10-12H2,1-3H3. The summed E-state index contributed by atoms with van der Waals surface area (Å²) in [7, 11) is 0. The third-order valence-electron chi connectivity index (χ3n) is 2.53. The molecule has 0 saturated heterocycles. The number of thiocarbonyl (C=S) groups is 1. The van der Waals surface area contributed by atoms with Gasteiger partial charge in [-0.05, 0) is 45.7 Å². The van der Waals surface area contributed by atoms with Gasteiger partial charge in [0.05, 0.1) is 6.61 Å². The van der Waals surface area contributed by atoms with E-state index in [0.29, 0.717) is 6.61 Å². The van der Waals surface area contributed by atoms with Gasteiger partial charge >= 0.3 is 0 Å². The molecule has 0 fully saturated rings. The zero-order valence-electron chi connectivity index (χ0n) is 12.1. The number of nitrogens with one attached hydrogen (secondary N) is 1. The Morgan fingerprint density at radius 2 is 2.16 bits per heavy atom. The lowest BCUT2D eigenvalue weighted by molar-refractivity contribution is 0.169. The molecule has 1 heterocycles. The van der Waals surface area contributed by atoms with E-state index < -0.39 is 0 Å². The molecule has 1 aromatic rings. The molecule has 0 atom stereocenters. The minimum absolute atomic E-state index is 0.100. The van der Waals surface area contributed by atoms with Crippen molar-refractivity contribution in [1.82, 2.24) is 10.3 Å². The Morgan fingerprint density at radius 3 is 2.79 bits per heavy atom. The lowest BCUT2D eigenvalue weighted by Gasteiger charge is -2.20. The van der Waals surface area contributed by atoms with Gasteiger partial charge in [-0.15, -0.1) is 0 Å². The first kappa shape index (κ1) is 16.2. The normalized spacial score (nSPS) is 11.5. The van der Waals surface area contributed by atoms with E-state index in [2.05, 4.69) is 31.1 Å². The second kappa shape index (κ2) is 8.35. The number of aromatic nitrogens is 1. The number of hydrogen-bond acceptors (Lipinski definition) is 4. The predicted octanol–water partition coefficient (Wildman–Crippen LogP) is 2.79. The van der Waals surface area contributed by atoms with E-state index in [1.165, 1.54) is 0 Å². The van der Waals surface area contributed by atoms with Crippen LogP contribution in [0.4, 0.5) is 0 Å². The van der Waals surface area contributed by atoms with Crippen LogP contribution in [0.15, 0.2) is 24.4 Å². The Hall–Kier alpha value is -0.840. The van der Waals surface area contributed by atoms with E-state index >= 15 is 0 Å². The van der Waals surface area contributed by atoms with Crippen LogP contribution in [0.1, 0.15) is 32.9 Å². The molecule has 0 aliphatic heterocycles. The van der Waals surface area contributed by atoms with Crippen molar-refractivity contribution in [2.75, 3.05) is 19.8 Å². The van der Waals surface area contributed by atoms with Crippen molar-refractivity contribution in [2.45, 2.75) is 39.2 Å². The Morgan fingerprint density at radius 1 is 1.37 bits per heavy atom. The van der Waals surface area contributed by atoms with Crippen LogP contribution in [0.5, 0.6) is 0 Å². The fourth-order valence-electron chi connectivity index (χ4n) is 1.50. The van der Waals surface area contributed by atoms with Crippen molar-refractivity contribution in [1.29, 1.82) is 0 Å². The molecule has 0 bridgehead atoms. The van der Waals surface area contributed by atoms with Crippen molar-refractivity contribution in [3.8, 4) is 0 Å². The first-order valence-electron chi connectivity index (χ1n) is 6.72. The first-order valence-corrected chi connectivity index (χ1v) is 7.12. The van der Waals surface area contributed by atoms with Crippen LogP contribution >= 0.6 is 12.2 Å². The minimum Gasteiger partial charge on any atom is -0.376 e. The summed E-state index contributed by atoms with van der Waals surface area (Å²) in [5.41, 5.74) is 1.21. The SMILES string of the molecule is CC(C)(C)NCC(=S)COCCCc1ccccn1. The molecule has 1 N–H and O–H groups in total. The topological polar surface area (TPSA) is 34.1 Å². The average molecular weight is 280 g/mol. The maximum absolute atomic E-state index is 5.57. The monoisotopic (exact) mass is 280 g/mol. The third kappa shape index (κ3) is 8.81. The van der Waals surface area contributed by atoms with Gasteiger partial charge in [-0.3, -0.25) is 4.98 Å². The zero-order valence-corrected chi connectivity index (χ0v) is 12.9. The second-order valence-electron chi connectivity index (χ2n) is 5.62. The van der Waals surface area contributed by atoms with Gasteiger partial charge in [0.2, 0.25) is 0 Å². The van der Waals surface area contributed by atoms with Crippen LogP contribution in [0.25, 0.3) is 0 Å². The highest BCUT2D eigenvalue weighted by molar-refractivity contribution is 7.80. The Bertz CT molecular complexity index is 373. The van der Waals surface area contributed by atoms with Crippen molar-refractivity contribution in [2.24, 2.45) is 0 Å². The summed E-state index contributed by atoms with van der Waals surface area (Å²) in [6.45, 7) is 8.40. The molecule has 0 spiro atoms. The van der Waals surface area contributed by atoms with Crippen LogP contribution in [-0.2, 0) is 11.2 Å². The zero-order chi connectivity index (χ0) is 14.1. The fourth-order valence-corrected chi connectivity index (χ4v) is 1.66. The van der Waals surface area contributed by atoms with Crippen LogP contribution in [-0.4, -0.2) is 35.1 Å². The van der Waals surface area contributed by atoms with Gasteiger partial charge in [0.25, 0.3) is 0 Å². The van der Waals surface area contributed by atoms with E-state index in [9.17, 15) is 0 Å². The Kier molecular flexibility index (Phi) is 7.13. The van der Waals surface area contributed by atoms with Crippen molar-refractivity contribution in [3.05, 3.63) is 30.1 Å². The molecule has 0 aliphatic carbocycles. The fraction of sp³-hybridized carbons (Fsp3) is 0.600. The van der Waals surface area contributed by atoms with Crippen LogP contribution in [0.3, 0.4) is 0 Å². The number of hydrogen-bond donors (Lipinski definition) is 1. The largest absolute Gasteiger partial charge is 0.376 e. The van der Waals surface area contributed by atoms with Crippen LogP contribution in [0.2, 0.25) is 0 Å². The van der Waals surface area contributed by atoms with E-state index in [1.807, 2.05) is 24.4 Å². The van der Waals surface area contributed by atoms with Crippen molar-refractivity contribution < 1.29 is 4.74 Å². The summed E-state index contributed by atoms with van der Waals surface area (Å²) in [4.78, 5) is 5.20. The van der Waals surface area contributed by atoms with Gasteiger partial charge in [-0.25, -0.2) is 0 Å². The summed E-state index contributed by atoms with van der Waals surface area (Å²) in [6, 6.07) is 5.98. The maximum Gasteiger partial charge on any atom is 0.0792 e. The highest BCUT2D eigenvalue weighted by Gasteiger charge is 2.09. The third-order valence-corrected chi connectivity index (χ3v) is 2.79. The van der Waals surface area contributed by atoms with Crippen molar-refractivity contribution in [3.63, 3.8) is 0 Å². The van der Waals surface area contributed by atoms with Crippen LogP contribution in [0, 0.1) is 0 Å². The van der Waals surface area contributed by atoms with E-state index in [4.69, 9.17) is 17.0 Å². The number of ether oxygens (including phenoxy) is 1. The Balaban J connectivity index is 2.03. The molecule has 0 radical (unpaired) electrons. The van der Waals surface area contributed by atoms with Gasteiger partial charge in [-0.2, -0.15) is 0 Å². The number of nitrogens with zero attached hydrogens (tertiary/aromatic N) is 1. The summed E-state index contributed by atoms with van der Waals surface area (Å²) < 4.78 is 5.57.